The van der Waals surface area contributed by atoms with Crippen LogP contribution in [0, 0.1) is 5.82 Å². The number of halogens is 1. The van der Waals surface area contributed by atoms with E-state index < -0.39 is 5.25 Å². The largest absolute Gasteiger partial charge is 0.298 e. The van der Waals surface area contributed by atoms with Crippen LogP contribution in [0.1, 0.15) is 13.8 Å². The lowest BCUT2D eigenvalue weighted by Gasteiger charge is -2.09. The van der Waals surface area contributed by atoms with E-state index in [1.54, 1.807) is 24.3 Å². The molecule has 2 aromatic heterocycles. The van der Waals surface area contributed by atoms with Gasteiger partial charge in [-0.3, -0.25) is 9.59 Å². The summed E-state index contributed by atoms with van der Waals surface area (Å²) in [5.41, 5.74) is 1.02. The van der Waals surface area contributed by atoms with Gasteiger partial charge in [-0.25, -0.2) is 4.39 Å². The molecule has 0 radical (unpaired) electrons. The van der Waals surface area contributed by atoms with Crippen molar-refractivity contribution in [3.05, 3.63) is 42.2 Å². The SMILES string of the molecule is CC(=O)C(Sc1ccc2nnc(-c3cccc(F)c3)n2n1)C(C)=O. The zero-order chi connectivity index (χ0) is 17.3. The summed E-state index contributed by atoms with van der Waals surface area (Å²) in [5.74, 6) is -0.468. The molecule has 0 amide bonds. The average molecular weight is 344 g/mol. The van der Waals surface area contributed by atoms with Crippen molar-refractivity contribution in [3.8, 4) is 11.4 Å². The number of benzene rings is 1. The van der Waals surface area contributed by atoms with Crippen LogP contribution in [-0.4, -0.2) is 36.6 Å². The van der Waals surface area contributed by atoms with Gasteiger partial charge >= 0.3 is 0 Å². The highest BCUT2D eigenvalue weighted by molar-refractivity contribution is 8.01. The Hall–Kier alpha value is -2.61. The maximum atomic E-state index is 13.4. The Morgan fingerprint density at radius 1 is 1.12 bits per heavy atom. The summed E-state index contributed by atoms with van der Waals surface area (Å²) in [6.07, 6.45) is 0. The molecule has 122 valence electrons. The molecule has 0 atom stereocenters. The van der Waals surface area contributed by atoms with Crippen LogP contribution < -0.4 is 0 Å². The molecule has 8 heteroatoms. The Balaban J connectivity index is 2.03. The Bertz CT molecular complexity index is 927. The van der Waals surface area contributed by atoms with Gasteiger partial charge in [0.2, 0.25) is 0 Å². The first-order valence-corrected chi connectivity index (χ1v) is 7.99. The van der Waals surface area contributed by atoms with Crippen molar-refractivity contribution in [2.75, 3.05) is 0 Å². The average Bonchev–Trinajstić information content (AvgIpc) is 2.95. The molecule has 0 saturated heterocycles. The Labute approximate surface area is 141 Å². The van der Waals surface area contributed by atoms with Crippen LogP contribution in [0.4, 0.5) is 4.39 Å². The number of ketones is 2. The number of fused-ring (bicyclic) bond motifs is 1. The molecule has 0 saturated carbocycles. The van der Waals surface area contributed by atoms with E-state index in [0.717, 1.165) is 11.8 Å². The lowest BCUT2D eigenvalue weighted by molar-refractivity contribution is -0.123. The van der Waals surface area contributed by atoms with Gasteiger partial charge in [-0.05, 0) is 38.1 Å². The van der Waals surface area contributed by atoms with Crippen molar-refractivity contribution < 1.29 is 14.0 Å². The van der Waals surface area contributed by atoms with Gasteiger partial charge in [0.05, 0.1) is 0 Å². The van der Waals surface area contributed by atoms with Gasteiger partial charge in [-0.1, -0.05) is 23.9 Å². The predicted molar refractivity (Wildman–Crippen MR) is 87.2 cm³/mol. The van der Waals surface area contributed by atoms with Crippen molar-refractivity contribution in [2.24, 2.45) is 0 Å². The minimum absolute atomic E-state index is 0.233. The molecule has 0 N–H and O–H groups in total. The Morgan fingerprint density at radius 2 is 1.88 bits per heavy atom. The molecule has 0 fully saturated rings. The first-order chi connectivity index (χ1) is 11.5. The molecule has 0 spiro atoms. The number of hydrogen-bond acceptors (Lipinski definition) is 6. The van der Waals surface area contributed by atoms with E-state index in [1.165, 1.54) is 30.5 Å². The van der Waals surface area contributed by atoms with Gasteiger partial charge < -0.3 is 0 Å². The van der Waals surface area contributed by atoms with E-state index in [0.29, 0.717) is 22.1 Å². The van der Waals surface area contributed by atoms with Gasteiger partial charge in [0.15, 0.2) is 23.0 Å². The third-order valence-electron chi connectivity index (χ3n) is 3.30. The number of aromatic nitrogens is 4. The van der Waals surface area contributed by atoms with E-state index in [-0.39, 0.29) is 17.4 Å². The lowest BCUT2D eigenvalue weighted by Crippen LogP contribution is -2.22. The second-order valence-corrected chi connectivity index (χ2v) is 6.32. The summed E-state index contributed by atoms with van der Waals surface area (Å²) in [6.45, 7) is 2.74. The molecule has 3 aromatic rings. The van der Waals surface area contributed by atoms with E-state index in [1.807, 2.05) is 0 Å². The highest BCUT2D eigenvalue weighted by Gasteiger charge is 2.22. The van der Waals surface area contributed by atoms with Crippen LogP contribution >= 0.6 is 11.8 Å². The topological polar surface area (TPSA) is 77.2 Å². The van der Waals surface area contributed by atoms with E-state index in [9.17, 15) is 14.0 Å². The summed E-state index contributed by atoms with van der Waals surface area (Å²) < 4.78 is 14.9. The molecule has 1 aromatic carbocycles. The standard InChI is InChI=1S/C16H13FN4O2S/c1-9(22)15(10(2)23)24-14-7-6-13-18-19-16(21(13)20-14)11-4-3-5-12(17)8-11/h3-8,15H,1-2H3. The summed E-state index contributed by atoms with van der Waals surface area (Å²) >= 11 is 1.07. The second-order valence-electron chi connectivity index (χ2n) is 5.19. The van der Waals surface area contributed by atoms with Crippen LogP contribution in [0.25, 0.3) is 17.0 Å². The Morgan fingerprint density at radius 3 is 2.54 bits per heavy atom. The zero-order valence-corrected chi connectivity index (χ0v) is 13.7. The summed E-state index contributed by atoms with van der Waals surface area (Å²) in [6, 6.07) is 9.31. The van der Waals surface area contributed by atoms with Crippen molar-refractivity contribution in [1.29, 1.82) is 0 Å². The zero-order valence-electron chi connectivity index (χ0n) is 12.9. The van der Waals surface area contributed by atoms with Gasteiger partial charge in [-0.2, -0.15) is 9.61 Å². The third kappa shape index (κ3) is 3.18. The summed E-state index contributed by atoms with van der Waals surface area (Å²) in [4.78, 5) is 23.2. The molecule has 0 aliphatic heterocycles. The summed E-state index contributed by atoms with van der Waals surface area (Å²) in [5, 5.41) is 12.1. The number of Topliss-reactive ketones (excluding diaryl/α,β-unsaturated/α-hetero) is 2. The van der Waals surface area contributed by atoms with E-state index in [2.05, 4.69) is 15.3 Å². The van der Waals surface area contributed by atoms with E-state index >= 15 is 0 Å². The van der Waals surface area contributed by atoms with Crippen LogP contribution in [0.2, 0.25) is 0 Å². The van der Waals surface area contributed by atoms with Crippen LogP contribution in [0.3, 0.4) is 0 Å². The van der Waals surface area contributed by atoms with Gasteiger partial charge in [0, 0.05) is 5.56 Å². The Kier molecular flexibility index (Phi) is 4.39. The maximum absolute atomic E-state index is 13.4. The highest BCUT2D eigenvalue weighted by Crippen LogP contribution is 2.25. The first-order valence-electron chi connectivity index (χ1n) is 7.11. The number of hydrogen-bond donors (Lipinski definition) is 0. The minimum Gasteiger partial charge on any atom is -0.298 e. The molecule has 6 nitrogen and oxygen atoms in total. The maximum Gasteiger partial charge on any atom is 0.185 e. The molecule has 0 aliphatic rings. The second kappa shape index (κ2) is 6.48. The van der Waals surface area contributed by atoms with Crippen LogP contribution in [0.15, 0.2) is 41.4 Å². The number of rotatable bonds is 5. The number of thioether (sulfide) groups is 1. The van der Waals surface area contributed by atoms with Crippen molar-refractivity contribution in [1.82, 2.24) is 19.8 Å². The van der Waals surface area contributed by atoms with Crippen LogP contribution in [-0.2, 0) is 9.59 Å². The van der Waals surface area contributed by atoms with E-state index in [4.69, 9.17) is 0 Å². The molecule has 24 heavy (non-hydrogen) atoms. The monoisotopic (exact) mass is 344 g/mol. The quantitative estimate of drug-likeness (QED) is 0.523. The lowest BCUT2D eigenvalue weighted by atomic mass is 10.2. The normalized spacial score (nSPS) is 11.2. The van der Waals surface area contributed by atoms with Crippen molar-refractivity contribution >= 4 is 29.0 Å². The number of carbonyl (C=O) groups is 2. The van der Waals surface area contributed by atoms with Gasteiger partial charge in [0.1, 0.15) is 16.1 Å². The smallest absolute Gasteiger partial charge is 0.185 e. The number of carbonyl (C=O) groups excluding carboxylic acids is 2. The van der Waals surface area contributed by atoms with Crippen molar-refractivity contribution in [3.63, 3.8) is 0 Å². The molecular weight excluding hydrogens is 331 g/mol. The fraction of sp³-hybridized carbons (Fsp3) is 0.188. The predicted octanol–water partition coefficient (Wildman–Crippen LogP) is 2.57. The molecule has 0 unspecified atom stereocenters. The molecule has 3 rings (SSSR count). The van der Waals surface area contributed by atoms with Gasteiger partial charge in [-0.15, -0.1) is 10.2 Å². The fourth-order valence-corrected chi connectivity index (χ4v) is 3.06. The minimum atomic E-state index is -0.802. The summed E-state index contributed by atoms with van der Waals surface area (Å²) in [7, 11) is 0. The molecular formula is C16H13FN4O2S. The van der Waals surface area contributed by atoms with Crippen LogP contribution in [0.5, 0.6) is 0 Å². The molecule has 0 bridgehead atoms. The number of nitrogens with zero attached hydrogens (tertiary/aromatic N) is 4. The van der Waals surface area contributed by atoms with Gasteiger partial charge in [0.25, 0.3) is 0 Å². The van der Waals surface area contributed by atoms with Crippen molar-refractivity contribution in [2.45, 2.75) is 24.1 Å². The highest BCUT2D eigenvalue weighted by atomic mass is 32.2. The third-order valence-corrected chi connectivity index (χ3v) is 4.66. The molecule has 2 heterocycles. The fourth-order valence-electron chi connectivity index (χ4n) is 2.22. The first kappa shape index (κ1) is 16.3. The molecule has 0 aliphatic carbocycles.